The van der Waals surface area contributed by atoms with E-state index in [4.69, 9.17) is 16.3 Å². The van der Waals surface area contributed by atoms with Crippen molar-refractivity contribution in [2.75, 3.05) is 6.61 Å². The summed E-state index contributed by atoms with van der Waals surface area (Å²) in [6.45, 7) is 4.20. The molecule has 20 heavy (non-hydrogen) atoms. The predicted molar refractivity (Wildman–Crippen MR) is 76.4 cm³/mol. The average Bonchev–Trinajstić information content (AvgIpc) is 2.25. The number of nitrogens with zero attached hydrogens (tertiary/aromatic N) is 1. The SMILES string of the molecule is CC(C)(C)c1c(N=C=S)ccc(OCC(F)(F)F)c1Cl. The fourth-order valence-electron chi connectivity index (χ4n) is 1.67. The number of aliphatic imine (C=N–C) groups is 1. The summed E-state index contributed by atoms with van der Waals surface area (Å²) in [5.41, 5.74) is 0.604. The van der Waals surface area contributed by atoms with Crippen molar-refractivity contribution in [2.45, 2.75) is 32.4 Å². The summed E-state index contributed by atoms with van der Waals surface area (Å²) >= 11 is 10.7. The van der Waals surface area contributed by atoms with Gasteiger partial charge in [0.1, 0.15) is 5.75 Å². The monoisotopic (exact) mass is 323 g/mol. The number of isothiocyanates is 1. The van der Waals surface area contributed by atoms with Crippen molar-refractivity contribution < 1.29 is 17.9 Å². The van der Waals surface area contributed by atoms with Gasteiger partial charge in [0.05, 0.1) is 15.9 Å². The predicted octanol–water partition coefficient (Wildman–Crippen LogP) is 5.31. The Balaban J connectivity index is 3.28. The van der Waals surface area contributed by atoms with Crippen molar-refractivity contribution in [1.29, 1.82) is 0 Å². The van der Waals surface area contributed by atoms with Gasteiger partial charge in [-0.2, -0.15) is 18.2 Å². The smallest absolute Gasteiger partial charge is 0.422 e. The molecular formula is C13H13ClF3NOS. The molecule has 7 heteroatoms. The van der Waals surface area contributed by atoms with Crippen molar-refractivity contribution in [1.82, 2.24) is 0 Å². The van der Waals surface area contributed by atoms with Crippen LogP contribution < -0.4 is 4.74 Å². The van der Waals surface area contributed by atoms with Gasteiger partial charge in [-0.05, 0) is 29.8 Å². The number of halogens is 4. The number of hydrogen-bond acceptors (Lipinski definition) is 3. The first-order valence-electron chi connectivity index (χ1n) is 5.66. The Morgan fingerprint density at radius 2 is 1.90 bits per heavy atom. The minimum absolute atomic E-state index is 0.0303. The van der Waals surface area contributed by atoms with E-state index in [-0.39, 0.29) is 10.8 Å². The molecule has 2 nitrogen and oxygen atoms in total. The van der Waals surface area contributed by atoms with Crippen LogP contribution in [-0.2, 0) is 5.41 Å². The number of rotatable bonds is 3. The standard InChI is InChI=1S/C13H13ClF3NOS/c1-12(2,3)10-8(18-7-20)4-5-9(11(10)14)19-6-13(15,16)17/h4-5H,6H2,1-3H3. The van der Waals surface area contributed by atoms with Gasteiger partial charge in [0.2, 0.25) is 0 Å². The molecule has 0 spiro atoms. The highest BCUT2D eigenvalue weighted by Crippen LogP contribution is 2.42. The maximum absolute atomic E-state index is 12.2. The van der Waals surface area contributed by atoms with Gasteiger partial charge in [0, 0.05) is 5.56 Å². The van der Waals surface area contributed by atoms with Gasteiger partial charge >= 0.3 is 6.18 Å². The fourth-order valence-corrected chi connectivity index (χ4v) is 2.27. The average molecular weight is 324 g/mol. The third kappa shape index (κ3) is 4.47. The Kier molecular flexibility index (Phi) is 5.19. The molecule has 1 aromatic carbocycles. The third-order valence-electron chi connectivity index (χ3n) is 2.39. The van der Waals surface area contributed by atoms with E-state index in [0.717, 1.165) is 0 Å². The van der Waals surface area contributed by atoms with Gasteiger partial charge in [0.15, 0.2) is 6.61 Å². The summed E-state index contributed by atoms with van der Waals surface area (Å²) in [7, 11) is 0. The van der Waals surface area contributed by atoms with Gasteiger partial charge in [-0.15, -0.1) is 0 Å². The van der Waals surface area contributed by atoms with Crippen molar-refractivity contribution in [3.8, 4) is 5.75 Å². The molecule has 0 aromatic heterocycles. The first kappa shape index (κ1) is 17.0. The van der Waals surface area contributed by atoms with Crippen LogP contribution in [0.15, 0.2) is 17.1 Å². The summed E-state index contributed by atoms with van der Waals surface area (Å²) < 4.78 is 41.3. The number of benzene rings is 1. The van der Waals surface area contributed by atoms with Crippen LogP contribution in [0.3, 0.4) is 0 Å². The lowest BCUT2D eigenvalue weighted by Gasteiger charge is -2.24. The van der Waals surface area contributed by atoms with Crippen LogP contribution in [0, 0.1) is 0 Å². The zero-order chi connectivity index (χ0) is 15.6. The third-order valence-corrected chi connectivity index (χ3v) is 2.86. The quantitative estimate of drug-likeness (QED) is 0.555. The van der Waals surface area contributed by atoms with Gasteiger partial charge in [0.25, 0.3) is 0 Å². The summed E-state index contributed by atoms with van der Waals surface area (Å²) in [5, 5.41) is 2.33. The van der Waals surface area contributed by atoms with Crippen LogP contribution in [0.5, 0.6) is 5.75 Å². The highest BCUT2D eigenvalue weighted by atomic mass is 35.5. The molecule has 1 rings (SSSR count). The molecule has 0 amide bonds. The molecule has 0 saturated heterocycles. The maximum Gasteiger partial charge on any atom is 0.422 e. The highest BCUT2D eigenvalue weighted by molar-refractivity contribution is 7.78. The summed E-state index contributed by atoms with van der Waals surface area (Å²) in [5.74, 6) is -0.0303. The summed E-state index contributed by atoms with van der Waals surface area (Å²) in [6, 6.07) is 2.85. The minimum Gasteiger partial charge on any atom is -0.483 e. The van der Waals surface area contributed by atoms with Crippen LogP contribution in [0.25, 0.3) is 0 Å². The van der Waals surface area contributed by atoms with Crippen LogP contribution in [0.2, 0.25) is 5.02 Å². The molecule has 0 fully saturated rings. The molecule has 110 valence electrons. The molecule has 0 aliphatic rings. The molecule has 0 heterocycles. The normalized spacial score (nSPS) is 11.9. The fraction of sp³-hybridized carbons (Fsp3) is 0.462. The molecule has 1 aromatic rings. The van der Waals surface area contributed by atoms with Crippen molar-refractivity contribution in [3.05, 3.63) is 22.7 Å². The Labute approximate surface area is 125 Å². The van der Waals surface area contributed by atoms with Crippen LogP contribution in [0.4, 0.5) is 18.9 Å². The molecule has 0 aliphatic heterocycles. The molecule has 0 bridgehead atoms. The lowest BCUT2D eigenvalue weighted by atomic mass is 9.85. The number of thiocarbonyl (C=S) groups is 1. The maximum atomic E-state index is 12.2. The Morgan fingerprint density at radius 1 is 1.30 bits per heavy atom. The van der Waals surface area contributed by atoms with Gasteiger partial charge in [-0.25, -0.2) is 0 Å². The molecule has 0 atom stereocenters. The number of hydrogen-bond donors (Lipinski definition) is 0. The first-order valence-corrected chi connectivity index (χ1v) is 6.45. The lowest BCUT2D eigenvalue weighted by molar-refractivity contribution is -0.153. The number of alkyl halides is 3. The van der Waals surface area contributed by atoms with Crippen LogP contribution >= 0.6 is 23.8 Å². The van der Waals surface area contributed by atoms with Crippen LogP contribution in [-0.4, -0.2) is 17.9 Å². The van der Waals surface area contributed by atoms with E-state index < -0.39 is 18.2 Å². The van der Waals surface area contributed by atoms with Crippen molar-refractivity contribution in [2.24, 2.45) is 4.99 Å². The summed E-state index contributed by atoms with van der Waals surface area (Å²) in [4.78, 5) is 3.89. The molecule has 0 N–H and O–H groups in total. The van der Waals surface area contributed by atoms with Gasteiger partial charge in [-0.1, -0.05) is 32.4 Å². The second kappa shape index (κ2) is 6.12. The molecule has 0 radical (unpaired) electrons. The van der Waals surface area contributed by atoms with E-state index in [1.807, 2.05) is 20.8 Å². The van der Waals surface area contributed by atoms with E-state index in [0.29, 0.717) is 11.3 Å². The van der Waals surface area contributed by atoms with E-state index in [1.165, 1.54) is 12.1 Å². The molecule has 0 unspecified atom stereocenters. The van der Waals surface area contributed by atoms with E-state index in [2.05, 4.69) is 22.4 Å². The summed E-state index contributed by atoms with van der Waals surface area (Å²) in [6.07, 6.45) is -4.42. The molecule has 0 aliphatic carbocycles. The van der Waals surface area contributed by atoms with E-state index in [1.54, 1.807) is 0 Å². The Hall–Kier alpha value is -1.10. The Bertz CT molecular complexity index is 546. The topological polar surface area (TPSA) is 21.6 Å². The van der Waals surface area contributed by atoms with E-state index in [9.17, 15) is 13.2 Å². The van der Waals surface area contributed by atoms with Gasteiger partial charge in [-0.3, -0.25) is 0 Å². The second-order valence-electron chi connectivity index (χ2n) is 5.13. The zero-order valence-corrected chi connectivity index (χ0v) is 12.7. The largest absolute Gasteiger partial charge is 0.483 e. The van der Waals surface area contributed by atoms with Crippen molar-refractivity contribution in [3.63, 3.8) is 0 Å². The minimum atomic E-state index is -4.42. The highest BCUT2D eigenvalue weighted by Gasteiger charge is 2.30. The zero-order valence-electron chi connectivity index (χ0n) is 11.1. The Morgan fingerprint density at radius 3 is 2.35 bits per heavy atom. The van der Waals surface area contributed by atoms with Crippen molar-refractivity contribution >= 4 is 34.7 Å². The number of ether oxygens (including phenoxy) is 1. The van der Waals surface area contributed by atoms with E-state index >= 15 is 0 Å². The molecule has 0 saturated carbocycles. The second-order valence-corrected chi connectivity index (χ2v) is 5.69. The first-order chi connectivity index (χ1) is 9.06. The van der Waals surface area contributed by atoms with Gasteiger partial charge < -0.3 is 4.74 Å². The molecular weight excluding hydrogens is 311 g/mol. The lowest BCUT2D eigenvalue weighted by Crippen LogP contribution is -2.20. The van der Waals surface area contributed by atoms with Crippen LogP contribution in [0.1, 0.15) is 26.3 Å².